The van der Waals surface area contributed by atoms with Gasteiger partial charge in [-0.2, -0.15) is 0 Å². The number of amides is 2. The number of benzene rings is 3. The Labute approximate surface area is 223 Å². The summed E-state index contributed by atoms with van der Waals surface area (Å²) in [7, 11) is 0. The summed E-state index contributed by atoms with van der Waals surface area (Å²) in [6, 6.07) is 21.7. The number of rotatable bonds is 11. The molecule has 0 aromatic heterocycles. The van der Waals surface area contributed by atoms with Gasteiger partial charge in [0.05, 0.1) is 5.02 Å². The van der Waals surface area contributed by atoms with Crippen LogP contribution >= 0.6 is 23.2 Å². The third kappa shape index (κ3) is 8.28. The summed E-state index contributed by atoms with van der Waals surface area (Å²) in [5.41, 5.74) is 2.97. The van der Waals surface area contributed by atoms with E-state index >= 15 is 0 Å². The molecular formula is C29H32Cl2N2O3. The summed E-state index contributed by atoms with van der Waals surface area (Å²) >= 11 is 12.2. The normalized spacial score (nSPS) is 11.7. The Hall–Kier alpha value is -3.02. The first kappa shape index (κ1) is 27.6. The highest BCUT2D eigenvalue weighted by atomic mass is 35.5. The average molecular weight is 527 g/mol. The Kier molecular flexibility index (Phi) is 10.2. The lowest BCUT2D eigenvalue weighted by Crippen LogP contribution is -2.52. The van der Waals surface area contributed by atoms with Crippen LogP contribution in [0.25, 0.3) is 0 Å². The Balaban J connectivity index is 1.91. The predicted octanol–water partition coefficient (Wildman–Crippen LogP) is 6.09. The number of carbonyl (C=O) groups is 2. The molecule has 190 valence electrons. The zero-order chi connectivity index (χ0) is 26.1. The van der Waals surface area contributed by atoms with E-state index in [9.17, 15) is 9.59 Å². The number of nitrogens with zero attached hydrogens (tertiary/aromatic N) is 1. The molecule has 0 bridgehead atoms. The van der Waals surface area contributed by atoms with Crippen molar-refractivity contribution in [3.05, 3.63) is 99.5 Å². The van der Waals surface area contributed by atoms with Gasteiger partial charge in [-0.1, -0.05) is 97.2 Å². The molecule has 0 spiro atoms. The van der Waals surface area contributed by atoms with Gasteiger partial charge in [0.1, 0.15) is 11.8 Å². The molecule has 0 radical (unpaired) electrons. The Morgan fingerprint density at radius 3 is 2.33 bits per heavy atom. The van der Waals surface area contributed by atoms with E-state index in [0.717, 1.165) is 16.7 Å². The average Bonchev–Trinajstić information content (AvgIpc) is 2.84. The van der Waals surface area contributed by atoms with Crippen molar-refractivity contribution in [2.75, 3.05) is 13.2 Å². The van der Waals surface area contributed by atoms with E-state index in [1.165, 1.54) is 0 Å². The molecule has 0 heterocycles. The number of halogens is 2. The Morgan fingerprint density at radius 2 is 1.67 bits per heavy atom. The molecule has 2 amide bonds. The molecule has 36 heavy (non-hydrogen) atoms. The Morgan fingerprint density at radius 1 is 0.944 bits per heavy atom. The summed E-state index contributed by atoms with van der Waals surface area (Å²) < 4.78 is 5.76. The number of ether oxygens (including phenoxy) is 1. The molecule has 1 N–H and O–H groups in total. The summed E-state index contributed by atoms with van der Waals surface area (Å²) in [5.74, 6) is 0.123. The fourth-order valence-electron chi connectivity index (χ4n) is 3.80. The maximum Gasteiger partial charge on any atom is 0.261 e. The topological polar surface area (TPSA) is 58.6 Å². The fourth-order valence-corrected chi connectivity index (χ4v) is 4.26. The van der Waals surface area contributed by atoms with Crippen LogP contribution in [-0.4, -0.2) is 35.9 Å². The Bertz CT molecular complexity index is 1170. The van der Waals surface area contributed by atoms with Gasteiger partial charge in [-0.3, -0.25) is 9.59 Å². The third-order valence-electron chi connectivity index (χ3n) is 5.64. The molecule has 1 atom stereocenters. The van der Waals surface area contributed by atoms with Crippen molar-refractivity contribution >= 4 is 35.0 Å². The van der Waals surface area contributed by atoms with E-state index in [4.69, 9.17) is 27.9 Å². The van der Waals surface area contributed by atoms with E-state index < -0.39 is 6.04 Å². The maximum atomic E-state index is 13.6. The van der Waals surface area contributed by atoms with Crippen molar-refractivity contribution in [2.24, 2.45) is 5.92 Å². The first-order chi connectivity index (χ1) is 17.2. The van der Waals surface area contributed by atoms with E-state index in [1.54, 1.807) is 23.1 Å². The maximum absolute atomic E-state index is 13.6. The number of nitrogens with one attached hydrogen (secondary N) is 1. The van der Waals surface area contributed by atoms with Crippen molar-refractivity contribution < 1.29 is 14.3 Å². The van der Waals surface area contributed by atoms with Gasteiger partial charge in [0.2, 0.25) is 5.91 Å². The van der Waals surface area contributed by atoms with Crippen LogP contribution in [-0.2, 0) is 22.6 Å². The molecule has 0 saturated carbocycles. The molecule has 0 fully saturated rings. The quantitative estimate of drug-likeness (QED) is 0.328. The van der Waals surface area contributed by atoms with Gasteiger partial charge in [-0.15, -0.1) is 0 Å². The fraction of sp³-hybridized carbons (Fsp3) is 0.310. The number of aryl methyl sites for hydroxylation is 1. The van der Waals surface area contributed by atoms with Crippen molar-refractivity contribution in [2.45, 2.75) is 39.8 Å². The van der Waals surface area contributed by atoms with E-state index in [1.807, 2.05) is 75.4 Å². The standard InChI is InChI=1S/C29H32Cl2N2O3/c1-20(2)17-32-29(35)26(15-22-9-5-4-6-10-22)33(18-23-11-7-8-21(3)14-23)28(34)19-36-27-13-12-24(30)16-25(27)31/h4-14,16,20,26H,15,17-19H2,1-3H3,(H,32,35). The largest absolute Gasteiger partial charge is 0.482 e. The molecule has 0 aliphatic heterocycles. The summed E-state index contributed by atoms with van der Waals surface area (Å²) in [6.07, 6.45) is 0.379. The minimum Gasteiger partial charge on any atom is -0.482 e. The third-order valence-corrected chi connectivity index (χ3v) is 6.17. The molecular weight excluding hydrogens is 495 g/mol. The van der Waals surface area contributed by atoms with Crippen LogP contribution in [0.1, 0.15) is 30.5 Å². The van der Waals surface area contributed by atoms with Crippen molar-refractivity contribution in [3.8, 4) is 5.75 Å². The monoisotopic (exact) mass is 526 g/mol. The second-order valence-electron chi connectivity index (χ2n) is 9.22. The zero-order valence-corrected chi connectivity index (χ0v) is 22.4. The molecule has 5 nitrogen and oxygen atoms in total. The molecule has 0 saturated heterocycles. The van der Waals surface area contributed by atoms with Crippen LogP contribution in [0.5, 0.6) is 5.75 Å². The lowest BCUT2D eigenvalue weighted by atomic mass is 10.0. The predicted molar refractivity (Wildman–Crippen MR) is 145 cm³/mol. The van der Waals surface area contributed by atoms with Gasteiger partial charge in [-0.25, -0.2) is 0 Å². The number of hydrogen-bond acceptors (Lipinski definition) is 3. The number of hydrogen-bond donors (Lipinski definition) is 1. The van der Waals surface area contributed by atoms with Crippen LogP contribution in [0.3, 0.4) is 0 Å². The van der Waals surface area contributed by atoms with Crippen LogP contribution in [0.4, 0.5) is 0 Å². The lowest BCUT2D eigenvalue weighted by Gasteiger charge is -2.32. The highest BCUT2D eigenvalue weighted by Gasteiger charge is 2.31. The lowest BCUT2D eigenvalue weighted by molar-refractivity contribution is -0.142. The molecule has 3 aromatic carbocycles. The minimum absolute atomic E-state index is 0.196. The smallest absolute Gasteiger partial charge is 0.261 e. The molecule has 0 aliphatic rings. The molecule has 3 rings (SSSR count). The van der Waals surface area contributed by atoms with Crippen LogP contribution in [0.15, 0.2) is 72.8 Å². The summed E-state index contributed by atoms with van der Waals surface area (Å²) in [6.45, 7) is 6.59. The molecule has 1 unspecified atom stereocenters. The molecule has 7 heteroatoms. The first-order valence-electron chi connectivity index (χ1n) is 12.0. The van der Waals surface area contributed by atoms with Crippen molar-refractivity contribution in [1.82, 2.24) is 10.2 Å². The summed E-state index contributed by atoms with van der Waals surface area (Å²) in [5, 5.41) is 3.81. The van der Waals surface area contributed by atoms with Gasteiger partial charge >= 0.3 is 0 Å². The first-order valence-corrected chi connectivity index (χ1v) is 12.7. The van der Waals surface area contributed by atoms with Gasteiger partial charge in [0.15, 0.2) is 6.61 Å². The van der Waals surface area contributed by atoms with Crippen molar-refractivity contribution in [1.29, 1.82) is 0 Å². The minimum atomic E-state index is -0.719. The zero-order valence-electron chi connectivity index (χ0n) is 20.8. The highest BCUT2D eigenvalue weighted by molar-refractivity contribution is 6.35. The summed E-state index contributed by atoms with van der Waals surface area (Å²) in [4.78, 5) is 28.6. The van der Waals surface area contributed by atoms with Gasteiger partial charge in [0.25, 0.3) is 5.91 Å². The second kappa shape index (κ2) is 13.3. The van der Waals surface area contributed by atoms with E-state index in [0.29, 0.717) is 28.8 Å². The van der Waals surface area contributed by atoms with Gasteiger partial charge < -0.3 is 15.0 Å². The van der Waals surface area contributed by atoms with E-state index in [2.05, 4.69) is 5.32 Å². The van der Waals surface area contributed by atoms with E-state index in [-0.39, 0.29) is 30.9 Å². The van der Waals surface area contributed by atoms with Crippen LogP contribution in [0, 0.1) is 12.8 Å². The highest BCUT2D eigenvalue weighted by Crippen LogP contribution is 2.27. The van der Waals surface area contributed by atoms with Crippen LogP contribution < -0.4 is 10.1 Å². The molecule has 0 aliphatic carbocycles. The SMILES string of the molecule is Cc1cccc(CN(C(=O)COc2ccc(Cl)cc2Cl)C(Cc2ccccc2)C(=O)NCC(C)C)c1. The van der Waals surface area contributed by atoms with Gasteiger partial charge in [-0.05, 0) is 42.2 Å². The van der Waals surface area contributed by atoms with Crippen molar-refractivity contribution in [3.63, 3.8) is 0 Å². The molecule has 3 aromatic rings. The van der Waals surface area contributed by atoms with Crippen LogP contribution in [0.2, 0.25) is 10.0 Å². The van der Waals surface area contributed by atoms with Gasteiger partial charge in [0, 0.05) is 24.5 Å². The second-order valence-corrected chi connectivity index (χ2v) is 10.1. The number of carbonyl (C=O) groups excluding carboxylic acids is 2.